The SMILES string of the molecule is CC(C)(C)c1ccc(C(C=Cc2ccccc2)[SH](=O)=O)cc1. The van der Waals surface area contributed by atoms with Gasteiger partial charge in [-0.15, -0.1) is 0 Å². The third kappa shape index (κ3) is 4.31. The molecule has 0 bridgehead atoms. The van der Waals surface area contributed by atoms with Gasteiger partial charge in [0.25, 0.3) is 0 Å². The van der Waals surface area contributed by atoms with Crippen molar-refractivity contribution in [2.24, 2.45) is 0 Å². The molecule has 0 aromatic heterocycles. The molecule has 0 fully saturated rings. The Morgan fingerprint density at radius 1 is 0.909 bits per heavy atom. The summed E-state index contributed by atoms with van der Waals surface area (Å²) in [5.41, 5.74) is 3.06. The zero-order chi connectivity index (χ0) is 16.2. The maximum Gasteiger partial charge on any atom is 0.150 e. The van der Waals surface area contributed by atoms with Gasteiger partial charge in [0.05, 0.1) is 0 Å². The summed E-state index contributed by atoms with van der Waals surface area (Å²) in [5.74, 6) is 0. The standard InChI is InChI=1S/C19H22O2S/c1-19(2,3)17-12-10-16(11-13-17)18(22(20)21)14-9-15-7-5-4-6-8-15/h4-14,18,22H,1-3H3. The summed E-state index contributed by atoms with van der Waals surface area (Å²) >= 11 is 0. The Balaban J connectivity index is 2.27. The summed E-state index contributed by atoms with van der Waals surface area (Å²) in [6.07, 6.45) is 3.60. The molecular formula is C19H22O2S. The maximum atomic E-state index is 11.6. The lowest BCUT2D eigenvalue weighted by Crippen LogP contribution is -2.11. The van der Waals surface area contributed by atoms with Crippen LogP contribution in [-0.4, -0.2) is 8.42 Å². The molecule has 2 rings (SSSR count). The quantitative estimate of drug-likeness (QED) is 0.851. The van der Waals surface area contributed by atoms with Crippen LogP contribution in [0.25, 0.3) is 6.08 Å². The van der Waals surface area contributed by atoms with Crippen LogP contribution in [0.15, 0.2) is 60.7 Å². The second kappa shape index (κ2) is 6.93. The van der Waals surface area contributed by atoms with Crippen molar-refractivity contribution in [1.82, 2.24) is 0 Å². The van der Waals surface area contributed by atoms with Gasteiger partial charge in [-0.1, -0.05) is 87.5 Å². The minimum absolute atomic E-state index is 0.0631. The molecule has 0 radical (unpaired) electrons. The largest absolute Gasteiger partial charge is 0.231 e. The van der Waals surface area contributed by atoms with Gasteiger partial charge in [-0.3, -0.25) is 0 Å². The monoisotopic (exact) mass is 314 g/mol. The minimum atomic E-state index is -2.56. The molecule has 2 aromatic carbocycles. The number of hydrogen-bond donors (Lipinski definition) is 1. The lowest BCUT2D eigenvalue weighted by Gasteiger charge is -2.19. The third-order valence-electron chi connectivity index (χ3n) is 3.62. The molecule has 0 saturated heterocycles. The Labute approximate surface area is 134 Å². The topological polar surface area (TPSA) is 34.1 Å². The molecule has 2 aromatic rings. The summed E-state index contributed by atoms with van der Waals surface area (Å²) in [6, 6.07) is 17.6. The van der Waals surface area contributed by atoms with E-state index in [1.807, 2.05) is 60.7 Å². The Hall–Kier alpha value is -1.87. The molecule has 0 N–H and O–H groups in total. The van der Waals surface area contributed by atoms with Crippen molar-refractivity contribution in [3.8, 4) is 0 Å². The van der Waals surface area contributed by atoms with Gasteiger partial charge in [0.1, 0.15) is 5.25 Å². The highest BCUT2D eigenvalue weighted by Crippen LogP contribution is 2.26. The fourth-order valence-electron chi connectivity index (χ4n) is 2.25. The summed E-state index contributed by atoms with van der Waals surface area (Å²) in [4.78, 5) is 0. The van der Waals surface area contributed by atoms with Crippen LogP contribution in [0.3, 0.4) is 0 Å². The lowest BCUT2D eigenvalue weighted by atomic mass is 9.86. The van der Waals surface area contributed by atoms with E-state index in [1.165, 1.54) is 5.56 Å². The van der Waals surface area contributed by atoms with Crippen molar-refractivity contribution in [1.29, 1.82) is 0 Å². The third-order valence-corrected chi connectivity index (χ3v) is 4.54. The molecule has 0 saturated carbocycles. The second-order valence-corrected chi connectivity index (χ2v) is 7.50. The van der Waals surface area contributed by atoms with Crippen molar-refractivity contribution in [2.75, 3.05) is 0 Å². The molecule has 1 atom stereocenters. The second-order valence-electron chi connectivity index (χ2n) is 6.37. The minimum Gasteiger partial charge on any atom is -0.231 e. The van der Waals surface area contributed by atoms with Gasteiger partial charge < -0.3 is 0 Å². The van der Waals surface area contributed by atoms with Crippen LogP contribution in [0, 0.1) is 0 Å². The Kier molecular flexibility index (Phi) is 5.19. The summed E-state index contributed by atoms with van der Waals surface area (Å²) in [7, 11) is -2.56. The highest BCUT2D eigenvalue weighted by molar-refractivity contribution is 7.72. The van der Waals surface area contributed by atoms with Gasteiger partial charge in [0.2, 0.25) is 0 Å². The van der Waals surface area contributed by atoms with E-state index in [9.17, 15) is 8.42 Å². The van der Waals surface area contributed by atoms with Gasteiger partial charge in [0.15, 0.2) is 10.7 Å². The normalized spacial score (nSPS) is 13.6. The zero-order valence-electron chi connectivity index (χ0n) is 13.2. The number of rotatable bonds is 4. The van der Waals surface area contributed by atoms with Crippen molar-refractivity contribution >= 4 is 16.8 Å². The molecule has 0 aliphatic rings. The molecule has 2 nitrogen and oxygen atoms in total. The molecule has 0 heterocycles. The van der Waals surface area contributed by atoms with E-state index in [1.54, 1.807) is 6.08 Å². The van der Waals surface area contributed by atoms with E-state index < -0.39 is 16.0 Å². The van der Waals surface area contributed by atoms with Crippen molar-refractivity contribution < 1.29 is 8.42 Å². The van der Waals surface area contributed by atoms with Crippen molar-refractivity contribution in [2.45, 2.75) is 31.4 Å². The Morgan fingerprint density at radius 3 is 2.00 bits per heavy atom. The smallest absolute Gasteiger partial charge is 0.150 e. The average molecular weight is 314 g/mol. The molecule has 1 unspecified atom stereocenters. The highest BCUT2D eigenvalue weighted by Gasteiger charge is 2.15. The first-order valence-corrected chi connectivity index (χ1v) is 8.60. The Bertz CT molecular complexity index is 697. The first-order chi connectivity index (χ1) is 10.4. The van der Waals surface area contributed by atoms with Crippen LogP contribution in [0.5, 0.6) is 0 Å². The van der Waals surface area contributed by atoms with Crippen LogP contribution < -0.4 is 0 Å². The molecule has 0 amide bonds. The first kappa shape index (κ1) is 16.5. The fourth-order valence-corrected chi connectivity index (χ4v) is 2.89. The van der Waals surface area contributed by atoms with Crippen LogP contribution in [0.1, 0.15) is 42.7 Å². The molecular weight excluding hydrogens is 292 g/mol. The molecule has 0 spiro atoms. The van der Waals surface area contributed by atoms with E-state index in [2.05, 4.69) is 20.8 Å². The predicted octanol–water partition coefficient (Wildman–Crippen LogP) is 4.35. The van der Waals surface area contributed by atoms with Crippen LogP contribution in [0.4, 0.5) is 0 Å². The molecule has 3 heteroatoms. The highest BCUT2D eigenvalue weighted by atomic mass is 32.2. The van der Waals surface area contributed by atoms with Crippen molar-refractivity contribution in [3.05, 3.63) is 77.4 Å². The van der Waals surface area contributed by atoms with Gasteiger partial charge in [-0.25, -0.2) is 8.42 Å². The van der Waals surface area contributed by atoms with Gasteiger partial charge in [-0.2, -0.15) is 0 Å². The van der Waals surface area contributed by atoms with E-state index >= 15 is 0 Å². The fraction of sp³-hybridized carbons (Fsp3) is 0.263. The van der Waals surface area contributed by atoms with E-state index in [0.29, 0.717) is 0 Å². The van der Waals surface area contributed by atoms with Gasteiger partial charge in [0, 0.05) is 0 Å². The number of benzene rings is 2. The Morgan fingerprint density at radius 2 is 1.50 bits per heavy atom. The van der Waals surface area contributed by atoms with E-state index in [0.717, 1.165) is 11.1 Å². The predicted molar refractivity (Wildman–Crippen MR) is 93.7 cm³/mol. The molecule has 0 aliphatic heterocycles. The van der Waals surface area contributed by atoms with E-state index in [4.69, 9.17) is 0 Å². The number of hydrogen-bond acceptors (Lipinski definition) is 2. The van der Waals surface area contributed by atoms with Crippen molar-refractivity contribution in [3.63, 3.8) is 0 Å². The van der Waals surface area contributed by atoms with E-state index in [-0.39, 0.29) is 5.41 Å². The maximum absolute atomic E-state index is 11.6. The summed E-state index contributed by atoms with van der Waals surface area (Å²) in [5, 5.41) is -0.593. The lowest BCUT2D eigenvalue weighted by molar-refractivity contribution is 0.590. The van der Waals surface area contributed by atoms with Crippen LogP contribution in [-0.2, 0) is 16.1 Å². The average Bonchev–Trinajstić information content (AvgIpc) is 2.48. The van der Waals surface area contributed by atoms with Crippen LogP contribution >= 0.6 is 0 Å². The summed E-state index contributed by atoms with van der Waals surface area (Å²) in [6.45, 7) is 6.43. The summed E-state index contributed by atoms with van der Waals surface area (Å²) < 4.78 is 23.2. The molecule has 22 heavy (non-hydrogen) atoms. The first-order valence-electron chi connectivity index (χ1n) is 7.35. The van der Waals surface area contributed by atoms with Gasteiger partial charge >= 0.3 is 0 Å². The molecule has 0 aliphatic carbocycles. The van der Waals surface area contributed by atoms with Crippen LogP contribution in [0.2, 0.25) is 0 Å². The zero-order valence-corrected chi connectivity index (χ0v) is 14.1. The van der Waals surface area contributed by atoms with Gasteiger partial charge in [-0.05, 0) is 22.1 Å². The molecule has 116 valence electrons. The number of thiol groups is 1.